The van der Waals surface area contributed by atoms with E-state index >= 15 is 0 Å². The summed E-state index contributed by atoms with van der Waals surface area (Å²) >= 11 is 0. The Morgan fingerprint density at radius 2 is 2.20 bits per heavy atom. The molecule has 2 N–H and O–H groups in total. The Balaban J connectivity index is 2.20. The SMILES string of the molecule is CC1CCOC1C(N)c1ccccc1F. The minimum Gasteiger partial charge on any atom is -0.376 e. The zero-order valence-corrected chi connectivity index (χ0v) is 8.82. The van der Waals surface area contributed by atoms with Gasteiger partial charge in [0.05, 0.1) is 12.1 Å². The van der Waals surface area contributed by atoms with E-state index in [-0.39, 0.29) is 18.0 Å². The Kier molecular flexibility index (Phi) is 3.03. The lowest BCUT2D eigenvalue weighted by molar-refractivity contribution is 0.0715. The molecule has 82 valence electrons. The number of benzene rings is 1. The lowest BCUT2D eigenvalue weighted by atomic mass is 9.93. The first-order valence-corrected chi connectivity index (χ1v) is 5.31. The largest absolute Gasteiger partial charge is 0.376 e. The van der Waals surface area contributed by atoms with Crippen LogP contribution in [0.2, 0.25) is 0 Å². The summed E-state index contributed by atoms with van der Waals surface area (Å²) in [5.41, 5.74) is 6.58. The minimum atomic E-state index is -0.358. The van der Waals surface area contributed by atoms with Gasteiger partial charge < -0.3 is 10.5 Å². The van der Waals surface area contributed by atoms with Crippen molar-refractivity contribution in [2.45, 2.75) is 25.5 Å². The van der Waals surface area contributed by atoms with E-state index in [9.17, 15) is 4.39 Å². The lowest BCUT2D eigenvalue weighted by Crippen LogP contribution is -2.30. The average Bonchev–Trinajstić information content (AvgIpc) is 2.64. The van der Waals surface area contributed by atoms with Crippen LogP contribution in [0.1, 0.15) is 24.9 Å². The number of rotatable bonds is 2. The first-order valence-electron chi connectivity index (χ1n) is 5.31. The van der Waals surface area contributed by atoms with E-state index in [0.717, 1.165) is 13.0 Å². The maximum Gasteiger partial charge on any atom is 0.128 e. The van der Waals surface area contributed by atoms with E-state index < -0.39 is 0 Å². The van der Waals surface area contributed by atoms with Crippen LogP contribution in [0.25, 0.3) is 0 Å². The molecule has 2 nitrogen and oxygen atoms in total. The van der Waals surface area contributed by atoms with Crippen LogP contribution in [0.3, 0.4) is 0 Å². The van der Waals surface area contributed by atoms with E-state index in [0.29, 0.717) is 11.5 Å². The van der Waals surface area contributed by atoms with Gasteiger partial charge in [-0.2, -0.15) is 0 Å². The first kappa shape index (κ1) is 10.6. The van der Waals surface area contributed by atoms with Crippen molar-refractivity contribution in [3.05, 3.63) is 35.6 Å². The van der Waals surface area contributed by atoms with E-state index in [1.165, 1.54) is 6.07 Å². The van der Waals surface area contributed by atoms with Gasteiger partial charge in [0.15, 0.2) is 0 Å². The summed E-state index contributed by atoms with van der Waals surface area (Å²) in [5, 5.41) is 0. The zero-order chi connectivity index (χ0) is 10.8. The second-order valence-electron chi connectivity index (χ2n) is 4.15. The number of nitrogens with two attached hydrogens (primary N) is 1. The van der Waals surface area contributed by atoms with Gasteiger partial charge in [0, 0.05) is 12.2 Å². The molecule has 0 radical (unpaired) electrons. The highest BCUT2D eigenvalue weighted by Gasteiger charge is 2.31. The third-order valence-corrected chi connectivity index (χ3v) is 3.06. The van der Waals surface area contributed by atoms with Crippen LogP contribution in [0.4, 0.5) is 4.39 Å². The zero-order valence-electron chi connectivity index (χ0n) is 8.82. The fraction of sp³-hybridized carbons (Fsp3) is 0.500. The van der Waals surface area contributed by atoms with Crippen LogP contribution in [0.15, 0.2) is 24.3 Å². The molecular formula is C12H16FNO. The van der Waals surface area contributed by atoms with Crippen molar-refractivity contribution < 1.29 is 9.13 Å². The van der Waals surface area contributed by atoms with Crippen molar-refractivity contribution in [1.82, 2.24) is 0 Å². The normalized spacial score (nSPS) is 27.9. The van der Waals surface area contributed by atoms with Gasteiger partial charge in [-0.25, -0.2) is 4.39 Å². The smallest absolute Gasteiger partial charge is 0.128 e. The molecule has 3 atom stereocenters. The Bertz CT molecular complexity index is 342. The van der Waals surface area contributed by atoms with Gasteiger partial charge in [-0.15, -0.1) is 0 Å². The molecular weight excluding hydrogens is 193 g/mol. The van der Waals surface area contributed by atoms with Crippen molar-refractivity contribution in [2.75, 3.05) is 6.61 Å². The highest BCUT2D eigenvalue weighted by atomic mass is 19.1. The molecule has 3 heteroatoms. The molecule has 0 aromatic heterocycles. The van der Waals surface area contributed by atoms with Gasteiger partial charge in [0.1, 0.15) is 5.82 Å². The van der Waals surface area contributed by atoms with Gasteiger partial charge in [0.2, 0.25) is 0 Å². The Morgan fingerprint density at radius 3 is 2.80 bits per heavy atom. The van der Waals surface area contributed by atoms with Crippen molar-refractivity contribution in [1.29, 1.82) is 0 Å². The van der Waals surface area contributed by atoms with Crippen molar-refractivity contribution in [2.24, 2.45) is 11.7 Å². The number of ether oxygens (including phenoxy) is 1. The molecule has 1 aliphatic heterocycles. The fourth-order valence-electron chi connectivity index (χ4n) is 2.10. The van der Waals surface area contributed by atoms with Crippen LogP contribution in [-0.2, 0) is 4.74 Å². The number of hydrogen-bond donors (Lipinski definition) is 1. The molecule has 0 bridgehead atoms. The second-order valence-corrected chi connectivity index (χ2v) is 4.15. The summed E-state index contributed by atoms with van der Waals surface area (Å²) in [7, 11) is 0. The topological polar surface area (TPSA) is 35.2 Å². The third-order valence-electron chi connectivity index (χ3n) is 3.06. The van der Waals surface area contributed by atoms with E-state index in [1.807, 2.05) is 0 Å². The maximum atomic E-state index is 13.5. The summed E-state index contributed by atoms with van der Waals surface area (Å²) in [6.07, 6.45) is 0.953. The molecule has 3 unspecified atom stereocenters. The van der Waals surface area contributed by atoms with Crippen LogP contribution in [-0.4, -0.2) is 12.7 Å². The molecule has 1 saturated heterocycles. The Hall–Kier alpha value is -0.930. The fourth-order valence-corrected chi connectivity index (χ4v) is 2.10. The average molecular weight is 209 g/mol. The van der Waals surface area contributed by atoms with Gasteiger partial charge in [0.25, 0.3) is 0 Å². The molecule has 2 rings (SSSR count). The third kappa shape index (κ3) is 2.03. The molecule has 15 heavy (non-hydrogen) atoms. The molecule has 1 aromatic rings. The van der Waals surface area contributed by atoms with E-state index in [1.54, 1.807) is 18.2 Å². The first-order chi connectivity index (χ1) is 7.20. The summed E-state index contributed by atoms with van der Waals surface area (Å²) in [6.45, 7) is 2.83. The Labute approximate surface area is 89.2 Å². The summed E-state index contributed by atoms with van der Waals surface area (Å²) < 4.78 is 19.0. The highest BCUT2D eigenvalue weighted by molar-refractivity contribution is 5.22. The van der Waals surface area contributed by atoms with E-state index in [2.05, 4.69) is 6.92 Å². The molecule has 0 saturated carbocycles. The van der Waals surface area contributed by atoms with E-state index in [4.69, 9.17) is 10.5 Å². The Morgan fingerprint density at radius 1 is 1.47 bits per heavy atom. The van der Waals surface area contributed by atoms with Gasteiger partial charge in [-0.05, 0) is 18.4 Å². The standard InChI is InChI=1S/C12H16FNO/c1-8-6-7-15-12(8)11(14)9-4-2-3-5-10(9)13/h2-5,8,11-12H,6-7,14H2,1H3. The molecule has 0 spiro atoms. The predicted molar refractivity (Wildman–Crippen MR) is 56.8 cm³/mol. The molecule has 0 aliphatic carbocycles. The summed E-state index contributed by atoms with van der Waals surface area (Å²) in [6, 6.07) is 6.29. The van der Waals surface area contributed by atoms with Crippen molar-refractivity contribution >= 4 is 0 Å². The van der Waals surface area contributed by atoms with Crippen LogP contribution < -0.4 is 5.73 Å². The maximum absolute atomic E-state index is 13.5. The van der Waals surface area contributed by atoms with Crippen LogP contribution >= 0.6 is 0 Å². The van der Waals surface area contributed by atoms with Gasteiger partial charge in [-0.1, -0.05) is 25.1 Å². The lowest BCUT2D eigenvalue weighted by Gasteiger charge is -2.22. The van der Waals surface area contributed by atoms with Crippen molar-refractivity contribution in [3.63, 3.8) is 0 Å². The molecule has 0 amide bonds. The summed E-state index contributed by atoms with van der Waals surface area (Å²) in [5.74, 6) is 0.160. The monoisotopic (exact) mass is 209 g/mol. The second kappa shape index (κ2) is 4.29. The summed E-state index contributed by atoms with van der Waals surface area (Å²) in [4.78, 5) is 0. The minimum absolute atomic E-state index is 0.0538. The van der Waals surface area contributed by atoms with Crippen molar-refractivity contribution in [3.8, 4) is 0 Å². The molecule has 1 aliphatic rings. The van der Waals surface area contributed by atoms with Gasteiger partial charge in [-0.3, -0.25) is 0 Å². The van der Waals surface area contributed by atoms with Crippen LogP contribution in [0.5, 0.6) is 0 Å². The quantitative estimate of drug-likeness (QED) is 0.810. The molecule has 1 heterocycles. The number of hydrogen-bond acceptors (Lipinski definition) is 2. The molecule has 1 fully saturated rings. The highest BCUT2D eigenvalue weighted by Crippen LogP contribution is 2.30. The number of halogens is 1. The van der Waals surface area contributed by atoms with Gasteiger partial charge >= 0.3 is 0 Å². The predicted octanol–water partition coefficient (Wildman–Crippen LogP) is 2.25. The van der Waals surface area contributed by atoms with Crippen LogP contribution in [0, 0.1) is 11.7 Å². The molecule has 1 aromatic carbocycles.